The predicted molar refractivity (Wildman–Crippen MR) is 178 cm³/mol. The molecular formula is C36H70CaO6. The van der Waals surface area contributed by atoms with Crippen molar-refractivity contribution in [3.8, 4) is 0 Å². The zero-order valence-electron chi connectivity index (χ0n) is 28.6. The SMILES string of the molecule is CCCCCCCCCCCCCCC(O)CCC(=O)[O-].CCCCCCCCCCCCCCC(O)CCC(=O)[O-].[Ca+2]. The molecule has 0 rings (SSSR count). The number of carboxylic acid groups (broad SMARTS) is 2. The molecule has 2 N–H and O–H groups in total. The molecule has 0 aliphatic heterocycles. The Kier molecular flexibility index (Phi) is 44.4. The smallest absolute Gasteiger partial charge is 0.550 e. The van der Waals surface area contributed by atoms with Gasteiger partial charge in [-0.3, -0.25) is 0 Å². The Morgan fingerprint density at radius 3 is 0.837 bits per heavy atom. The summed E-state index contributed by atoms with van der Waals surface area (Å²) in [5.41, 5.74) is 0. The van der Waals surface area contributed by atoms with E-state index in [1.54, 1.807) is 0 Å². The van der Waals surface area contributed by atoms with Crippen molar-refractivity contribution in [3.63, 3.8) is 0 Å². The molecule has 0 aromatic heterocycles. The summed E-state index contributed by atoms with van der Waals surface area (Å²) in [7, 11) is 0. The zero-order valence-corrected chi connectivity index (χ0v) is 30.8. The van der Waals surface area contributed by atoms with Crippen LogP contribution in [0.15, 0.2) is 0 Å². The Morgan fingerprint density at radius 2 is 0.628 bits per heavy atom. The van der Waals surface area contributed by atoms with Crippen LogP contribution in [0.1, 0.15) is 206 Å². The number of carboxylic acids is 2. The van der Waals surface area contributed by atoms with Gasteiger partial charge in [0.05, 0.1) is 12.2 Å². The zero-order chi connectivity index (χ0) is 31.5. The molecular weight excluding hydrogens is 568 g/mol. The summed E-state index contributed by atoms with van der Waals surface area (Å²) in [6, 6.07) is 0. The van der Waals surface area contributed by atoms with E-state index in [1.165, 1.54) is 128 Å². The Labute approximate surface area is 296 Å². The standard InChI is InChI=1S/2C18H36O3.Ca/c2*1-2-3-4-5-6-7-8-9-10-11-12-13-14-17(19)15-16-18(20)21;/h2*17,19H,2-16H2,1H3,(H,20,21);/q;;+2/p-2. The predicted octanol–water partition coefficient (Wildman–Crippen LogP) is 7.56. The average molecular weight is 639 g/mol. The maximum Gasteiger partial charge on any atom is 2.00 e. The van der Waals surface area contributed by atoms with Crippen molar-refractivity contribution in [3.05, 3.63) is 0 Å². The molecule has 0 spiro atoms. The van der Waals surface area contributed by atoms with Crippen LogP contribution in [0.2, 0.25) is 0 Å². The van der Waals surface area contributed by atoms with Gasteiger partial charge in [0, 0.05) is 11.9 Å². The van der Waals surface area contributed by atoms with Crippen molar-refractivity contribution in [1.29, 1.82) is 0 Å². The monoisotopic (exact) mass is 638 g/mol. The first-order valence-corrected chi connectivity index (χ1v) is 18.1. The largest absolute Gasteiger partial charge is 2.00 e. The first-order chi connectivity index (χ1) is 20.3. The third-order valence-electron chi connectivity index (χ3n) is 8.15. The fraction of sp³-hybridized carbons (Fsp3) is 0.944. The Hall–Kier alpha value is 0.120. The van der Waals surface area contributed by atoms with E-state index in [2.05, 4.69) is 13.8 Å². The van der Waals surface area contributed by atoms with E-state index in [0.717, 1.165) is 38.5 Å². The van der Waals surface area contributed by atoms with Gasteiger partial charge >= 0.3 is 37.7 Å². The molecule has 0 aromatic carbocycles. The van der Waals surface area contributed by atoms with Crippen LogP contribution in [0.4, 0.5) is 0 Å². The van der Waals surface area contributed by atoms with Gasteiger partial charge in [0.25, 0.3) is 0 Å². The third kappa shape index (κ3) is 46.7. The van der Waals surface area contributed by atoms with Crippen molar-refractivity contribution in [1.82, 2.24) is 0 Å². The minimum absolute atomic E-state index is 0. The summed E-state index contributed by atoms with van der Waals surface area (Å²) in [6.07, 6.45) is 32.5. The number of aliphatic hydroxyl groups is 2. The molecule has 0 bridgehead atoms. The first-order valence-electron chi connectivity index (χ1n) is 18.1. The Morgan fingerprint density at radius 1 is 0.419 bits per heavy atom. The van der Waals surface area contributed by atoms with Crippen molar-refractivity contribution in [2.75, 3.05) is 0 Å². The molecule has 0 aliphatic rings. The molecule has 7 heteroatoms. The maximum atomic E-state index is 10.3. The van der Waals surface area contributed by atoms with Crippen molar-refractivity contribution in [2.24, 2.45) is 0 Å². The summed E-state index contributed by atoms with van der Waals surface area (Å²) in [4.78, 5) is 20.5. The number of aliphatic hydroxyl groups excluding tert-OH is 2. The van der Waals surface area contributed by atoms with Gasteiger partial charge in [0.1, 0.15) is 0 Å². The molecule has 0 aromatic rings. The number of carbonyl (C=O) groups excluding carboxylic acids is 2. The first kappa shape index (κ1) is 47.5. The molecule has 6 nitrogen and oxygen atoms in total. The van der Waals surface area contributed by atoms with Crippen LogP contribution >= 0.6 is 0 Å². The van der Waals surface area contributed by atoms with Crippen LogP contribution in [-0.2, 0) is 9.59 Å². The average Bonchev–Trinajstić information content (AvgIpc) is 2.96. The minimum Gasteiger partial charge on any atom is -0.550 e. The number of rotatable bonds is 32. The molecule has 0 amide bonds. The topological polar surface area (TPSA) is 121 Å². The van der Waals surface area contributed by atoms with Crippen LogP contribution in [0, 0.1) is 0 Å². The minimum atomic E-state index is -1.07. The van der Waals surface area contributed by atoms with E-state index in [0.29, 0.717) is 12.8 Å². The van der Waals surface area contributed by atoms with E-state index in [9.17, 15) is 30.0 Å². The van der Waals surface area contributed by atoms with Gasteiger partial charge in [-0.25, -0.2) is 0 Å². The van der Waals surface area contributed by atoms with Gasteiger partial charge in [0.2, 0.25) is 0 Å². The normalized spacial score (nSPS) is 12.2. The van der Waals surface area contributed by atoms with Crippen LogP contribution < -0.4 is 10.2 Å². The van der Waals surface area contributed by atoms with Crippen molar-refractivity contribution < 1.29 is 30.0 Å². The second kappa shape index (κ2) is 40.1. The summed E-state index contributed by atoms with van der Waals surface area (Å²) >= 11 is 0. The Balaban J connectivity index is -0.000000727. The number of unbranched alkanes of at least 4 members (excludes halogenated alkanes) is 22. The molecule has 252 valence electrons. The molecule has 0 heterocycles. The molecule has 0 saturated heterocycles. The van der Waals surface area contributed by atoms with Gasteiger partial charge < -0.3 is 30.0 Å². The van der Waals surface area contributed by atoms with Gasteiger partial charge in [-0.15, -0.1) is 0 Å². The molecule has 0 fully saturated rings. The van der Waals surface area contributed by atoms with Gasteiger partial charge in [-0.2, -0.15) is 0 Å². The van der Waals surface area contributed by atoms with Gasteiger partial charge in [0.15, 0.2) is 0 Å². The van der Waals surface area contributed by atoms with E-state index < -0.39 is 24.1 Å². The quantitative estimate of drug-likeness (QED) is 0.0580. The molecule has 43 heavy (non-hydrogen) atoms. The number of aliphatic carboxylic acids is 2. The number of carbonyl (C=O) groups is 2. The summed E-state index contributed by atoms with van der Waals surface area (Å²) in [5.74, 6) is -2.13. The van der Waals surface area contributed by atoms with Crippen LogP contribution in [-0.4, -0.2) is 72.1 Å². The summed E-state index contributed by atoms with van der Waals surface area (Å²) in [6.45, 7) is 4.50. The van der Waals surface area contributed by atoms with Crippen molar-refractivity contribution in [2.45, 2.75) is 219 Å². The molecule has 0 aliphatic carbocycles. The number of hydrogen-bond acceptors (Lipinski definition) is 6. The van der Waals surface area contributed by atoms with Gasteiger partial charge in [-0.05, 0) is 38.5 Å². The molecule has 0 saturated carbocycles. The van der Waals surface area contributed by atoms with Crippen LogP contribution in [0.5, 0.6) is 0 Å². The second-order valence-corrected chi connectivity index (χ2v) is 12.5. The summed E-state index contributed by atoms with van der Waals surface area (Å²) in [5, 5.41) is 39.6. The van der Waals surface area contributed by atoms with Gasteiger partial charge in [-0.1, -0.05) is 168 Å². The maximum absolute atomic E-state index is 10.3. The fourth-order valence-corrected chi connectivity index (χ4v) is 5.30. The molecule has 2 atom stereocenters. The van der Waals surface area contributed by atoms with E-state index in [4.69, 9.17) is 0 Å². The Bertz CT molecular complexity index is 512. The van der Waals surface area contributed by atoms with E-state index in [-0.39, 0.29) is 50.6 Å². The molecule has 2 unspecified atom stereocenters. The van der Waals surface area contributed by atoms with Crippen LogP contribution in [0.3, 0.4) is 0 Å². The van der Waals surface area contributed by atoms with E-state index in [1.807, 2.05) is 0 Å². The fourth-order valence-electron chi connectivity index (χ4n) is 5.30. The second-order valence-electron chi connectivity index (χ2n) is 12.5. The van der Waals surface area contributed by atoms with Crippen LogP contribution in [0.25, 0.3) is 0 Å². The molecule has 0 radical (unpaired) electrons. The number of hydrogen-bond donors (Lipinski definition) is 2. The summed E-state index contributed by atoms with van der Waals surface area (Å²) < 4.78 is 0. The van der Waals surface area contributed by atoms with Crippen molar-refractivity contribution >= 4 is 49.7 Å². The van der Waals surface area contributed by atoms with E-state index >= 15 is 0 Å². The third-order valence-corrected chi connectivity index (χ3v) is 8.15.